The van der Waals surface area contributed by atoms with E-state index in [-0.39, 0.29) is 11.8 Å². The Hall–Kier alpha value is -2.04. The van der Waals surface area contributed by atoms with E-state index in [1.165, 1.54) is 0 Å². The zero-order chi connectivity index (χ0) is 18.2. The molecule has 3 rings (SSSR count). The monoisotopic (exact) mass is 376 g/mol. The van der Waals surface area contributed by atoms with E-state index in [0.717, 1.165) is 16.8 Å². The highest BCUT2D eigenvalue weighted by atomic mass is 35.5. The molecule has 1 fully saturated rings. The van der Waals surface area contributed by atoms with Crippen molar-refractivity contribution in [3.05, 3.63) is 57.6 Å². The molecule has 2 amide bonds. The number of carbonyl (C=O) groups excluding carboxylic acids is 2. The third-order valence-electron chi connectivity index (χ3n) is 4.52. The van der Waals surface area contributed by atoms with E-state index in [2.05, 4.69) is 10.6 Å². The highest BCUT2D eigenvalue weighted by molar-refractivity contribution is 6.42. The van der Waals surface area contributed by atoms with Crippen molar-refractivity contribution in [1.82, 2.24) is 0 Å². The van der Waals surface area contributed by atoms with Crippen LogP contribution in [0.25, 0.3) is 0 Å². The van der Waals surface area contributed by atoms with Crippen molar-refractivity contribution in [3.63, 3.8) is 0 Å². The fourth-order valence-electron chi connectivity index (χ4n) is 2.75. The smallest absolute Gasteiger partial charge is 0.240 e. The van der Waals surface area contributed by atoms with Crippen LogP contribution < -0.4 is 10.6 Å². The second-order valence-corrected chi connectivity index (χ2v) is 7.20. The summed E-state index contributed by atoms with van der Waals surface area (Å²) in [7, 11) is 0. The van der Waals surface area contributed by atoms with Crippen LogP contribution in [-0.2, 0) is 9.59 Å². The maximum atomic E-state index is 12.7. The summed E-state index contributed by atoms with van der Waals surface area (Å²) >= 11 is 11.9. The molecule has 2 aromatic rings. The molecule has 0 heterocycles. The number of para-hydroxylation sites is 1. The molecule has 0 spiro atoms. The first-order chi connectivity index (χ1) is 11.8. The lowest BCUT2D eigenvalue weighted by molar-refractivity contribution is -0.131. The summed E-state index contributed by atoms with van der Waals surface area (Å²) in [5.74, 6) is -0.600. The maximum Gasteiger partial charge on any atom is 0.240 e. The molecule has 0 unspecified atom stereocenters. The van der Waals surface area contributed by atoms with Gasteiger partial charge in [-0.15, -0.1) is 0 Å². The van der Waals surface area contributed by atoms with Crippen LogP contribution in [0, 0.1) is 19.3 Å². The number of rotatable bonds is 4. The lowest BCUT2D eigenvalue weighted by Gasteiger charge is -2.18. The molecule has 2 N–H and O–H groups in total. The van der Waals surface area contributed by atoms with E-state index in [1.54, 1.807) is 18.2 Å². The number of halogens is 2. The number of benzene rings is 2. The summed E-state index contributed by atoms with van der Waals surface area (Å²) in [6, 6.07) is 10.6. The number of aryl methyl sites for hydroxylation is 2. The summed E-state index contributed by atoms with van der Waals surface area (Å²) < 4.78 is 0. The summed E-state index contributed by atoms with van der Waals surface area (Å²) in [6.45, 7) is 3.86. The third kappa shape index (κ3) is 3.51. The molecule has 4 nitrogen and oxygen atoms in total. The Balaban J connectivity index is 1.76. The lowest BCUT2D eigenvalue weighted by atomic mass is 10.0. The molecule has 0 aromatic heterocycles. The van der Waals surface area contributed by atoms with Gasteiger partial charge in [0.2, 0.25) is 11.8 Å². The molecule has 2 aromatic carbocycles. The molecule has 25 heavy (non-hydrogen) atoms. The van der Waals surface area contributed by atoms with Crippen molar-refractivity contribution >= 4 is 46.4 Å². The van der Waals surface area contributed by atoms with Gasteiger partial charge in [0.15, 0.2) is 0 Å². The Morgan fingerprint density at radius 2 is 1.52 bits per heavy atom. The fraction of sp³-hybridized carbons (Fsp3) is 0.263. The topological polar surface area (TPSA) is 58.2 Å². The molecule has 0 atom stereocenters. The van der Waals surface area contributed by atoms with Crippen LogP contribution >= 0.6 is 23.2 Å². The Morgan fingerprint density at radius 3 is 2.08 bits per heavy atom. The summed E-state index contributed by atoms with van der Waals surface area (Å²) in [5.41, 5.74) is 2.19. The van der Waals surface area contributed by atoms with Crippen molar-refractivity contribution in [2.75, 3.05) is 10.6 Å². The molecule has 130 valence electrons. The second-order valence-electron chi connectivity index (χ2n) is 6.39. The van der Waals surface area contributed by atoms with Gasteiger partial charge in [0, 0.05) is 11.4 Å². The molecular weight excluding hydrogens is 359 g/mol. The largest absolute Gasteiger partial charge is 0.325 e. The number of hydrogen-bond donors (Lipinski definition) is 2. The van der Waals surface area contributed by atoms with Gasteiger partial charge in [-0.25, -0.2) is 0 Å². The first kappa shape index (κ1) is 17.8. The van der Waals surface area contributed by atoms with Gasteiger partial charge >= 0.3 is 0 Å². The zero-order valence-corrected chi connectivity index (χ0v) is 15.5. The maximum absolute atomic E-state index is 12.7. The highest BCUT2D eigenvalue weighted by Crippen LogP contribution is 2.48. The fourth-order valence-corrected chi connectivity index (χ4v) is 3.05. The number of amides is 2. The van der Waals surface area contributed by atoms with E-state index in [0.29, 0.717) is 28.6 Å². The van der Waals surface area contributed by atoms with Gasteiger partial charge in [0.05, 0.1) is 10.0 Å². The Kier molecular flexibility index (Phi) is 4.76. The summed E-state index contributed by atoms with van der Waals surface area (Å²) in [4.78, 5) is 25.4. The van der Waals surface area contributed by atoms with Crippen LogP contribution in [0.4, 0.5) is 11.4 Å². The van der Waals surface area contributed by atoms with E-state index >= 15 is 0 Å². The van der Waals surface area contributed by atoms with Crippen molar-refractivity contribution in [2.24, 2.45) is 5.41 Å². The summed E-state index contributed by atoms with van der Waals surface area (Å²) in [6.07, 6.45) is 1.05. The molecule has 1 aliphatic rings. The molecule has 1 saturated carbocycles. The van der Waals surface area contributed by atoms with Gasteiger partial charge in [0.1, 0.15) is 5.41 Å². The van der Waals surface area contributed by atoms with E-state index in [1.807, 2.05) is 32.0 Å². The quantitative estimate of drug-likeness (QED) is 0.740. The van der Waals surface area contributed by atoms with Crippen LogP contribution in [-0.4, -0.2) is 11.8 Å². The Morgan fingerprint density at radius 1 is 0.920 bits per heavy atom. The average molecular weight is 377 g/mol. The Labute approximate surface area is 156 Å². The van der Waals surface area contributed by atoms with Crippen LogP contribution in [0.1, 0.15) is 24.0 Å². The van der Waals surface area contributed by atoms with E-state index in [9.17, 15) is 9.59 Å². The molecule has 1 aliphatic carbocycles. The lowest BCUT2D eigenvalue weighted by Crippen LogP contribution is -2.36. The van der Waals surface area contributed by atoms with Crippen molar-refractivity contribution < 1.29 is 9.59 Å². The van der Waals surface area contributed by atoms with Gasteiger partial charge < -0.3 is 10.6 Å². The molecule has 0 bridgehead atoms. The minimum Gasteiger partial charge on any atom is -0.325 e. The summed E-state index contributed by atoms with van der Waals surface area (Å²) in [5, 5.41) is 6.45. The predicted octanol–water partition coefficient (Wildman–Crippen LogP) is 4.97. The third-order valence-corrected chi connectivity index (χ3v) is 5.26. The van der Waals surface area contributed by atoms with Crippen molar-refractivity contribution in [2.45, 2.75) is 26.7 Å². The second kappa shape index (κ2) is 6.70. The van der Waals surface area contributed by atoms with Crippen molar-refractivity contribution in [1.29, 1.82) is 0 Å². The average Bonchev–Trinajstić information content (AvgIpc) is 3.36. The number of nitrogens with one attached hydrogen (secondary N) is 2. The first-order valence-electron chi connectivity index (χ1n) is 7.98. The van der Waals surface area contributed by atoms with Gasteiger partial charge in [-0.2, -0.15) is 0 Å². The number of anilines is 2. The van der Waals surface area contributed by atoms with Gasteiger partial charge in [-0.1, -0.05) is 41.4 Å². The molecule has 0 radical (unpaired) electrons. The first-order valence-corrected chi connectivity index (χ1v) is 8.73. The van der Waals surface area contributed by atoms with Gasteiger partial charge in [-0.3, -0.25) is 9.59 Å². The standard InChI is InChI=1S/C19H18Cl2N2O2/c1-11-4-3-5-12(2)16(11)23-18(25)19(8-9-19)17(24)22-13-6-7-14(20)15(21)10-13/h3-7,10H,8-9H2,1-2H3,(H,22,24)(H,23,25). The highest BCUT2D eigenvalue weighted by Gasteiger charge is 2.56. The Bertz CT molecular complexity index is 840. The minimum atomic E-state index is -1.03. The molecule has 6 heteroatoms. The molecular formula is C19H18Cl2N2O2. The minimum absolute atomic E-state index is 0.275. The van der Waals surface area contributed by atoms with Crippen LogP contribution in [0.3, 0.4) is 0 Å². The SMILES string of the molecule is Cc1cccc(C)c1NC(=O)C1(C(=O)Nc2ccc(Cl)c(Cl)c2)CC1. The number of hydrogen-bond acceptors (Lipinski definition) is 2. The van der Waals surface area contributed by atoms with Gasteiger partial charge in [-0.05, 0) is 56.0 Å². The molecule has 0 saturated heterocycles. The van der Waals surface area contributed by atoms with Crippen LogP contribution in [0.5, 0.6) is 0 Å². The van der Waals surface area contributed by atoms with Crippen molar-refractivity contribution in [3.8, 4) is 0 Å². The van der Waals surface area contributed by atoms with E-state index < -0.39 is 5.41 Å². The zero-order valence-electron chi connectivity index (χ0n) is 14.0. The number of carbonyl (C=O) groups is 2. The van der Waals surface area contributed by atoms with Crippen LogP contribution in [0.2, 0.25) is 10.0 Å². The normalized spacial score (nSPS) is 14.7. The van der Waals surface area contributed by atoms with Crippen LogP contribution in [0.15, 0.2) is 36.4 Å². The predicted molar refractivity (Wildman–Crippen MR) is 101 cm³/mol. The van der Waals surface area contributed by atoms with Gasteiger partial charge in [0.25, 0.3) is 0 Å². The molecule has 0 aliphatic heterocycles. The van der Waals surface area contributed by atoms with E-state index in [4.69, 9.17) is 23.2 Å².